The number of piperidine rings is 1. The first-order valence-corrected chi connectivity index (χ1v) is 10.7. The SMILES string of the molecule is O=C(O)NC1CCC(Nc2ccc(N3CCC(C(F)(F)F)CC3)cc2OCCO)CC1. The molecule has 10 heteroatoms. The van der Waals surface area contributed by atoms with E-state index in [1.165, 1.54) is 0 Å². The highest BCUT2D eigenvalue weighted by atomic mass is 19.4. The van der Waals surface area contributed by atoms with Gasteiger partial charge in [0.1, 0.15) is 12.4 Å². The first-order chi connectivity index (χ1) is 14.8. The van der Waals surface area contributed by atoms with Crippen molar-refractivity contribution in [1.82, 2.24) is 5.32 Å². The second kappa shape index (κ2) is 10.3. The average molecular weight is 445 g/mol. The Morgan fingerprint density at radius 2 is 1.74 bits per heavy atom. The summed E-state index contributed by atoms with van der Waals surface area (Å²) in [6.07, 6.45) is -1.92. The highest BCUT2D eigenvalue weighted by Gasteiger charge is 2.41. The van der Waals surface area contributed by atoms with Crippen LogP contribution in [0.4, 0.5) is 29.3 Å². The van der Waals surface area contributed by atoms with E-state index in [9.17, 15) is 18.0 Å². The number of hydrogen-bond donors (Lipinski definition) is 4. The molecule has 0 radical (unpaired) electrons. The van der Waals surface area contributed by atoms with E-state index in [1.807, 2.05) is 23.1 Å². The Hall–Kier alpha value is -2.36. The number of benzene rings is 1. The zero-order valence-electron chi connectivity index (χ0n) is 17.3. The van der Waals surface area contributed by atoms with Gasteiger partial charge in [0, 0.05) is 36.9 Å². The zero-order valence-corrected chi connectivity index (χ0v) is 17.3. The molecule has 0 spiro atoms. The van der Waals surface area contributed by atoms with Crippen molar-refractivity contribution in [2.45, 2.75) is 56.8 Å². The highest BCUT2D eigenvalue weighted by Crippen LogP contribution is 2.37. The molecule has 0 aromatic heterocycles. The number of carbonyl (C=O) groups is 1. The van der Waals surface area contributed by atoms with Gasteiger partial charge in [-0.15, -0.1) is 0 Å². The molecule has 1 saturated carbocycles. The first-order valence-electron chi connectivity index (χ1n) is 10.7. The van der Waals surface area contributed by atoms with Crippen LogP contribution in [-0.2, 0) is 0 Å². The number of aliphatic hydroxyl groups excluding tert-OH is 1. The van der Waals surface area contributed by atoms with Crippen LogP contribution in [0.25, 0.3) is 0 Å². The smallest absolute Gasteiger partial charge is 0.404 e. The Labute approximate surface area is 179 Å². The van der Waals surface area contributed by atoms with Crippen LogP contribution in [0, 0.1) is 5.92 Å². The summed E-state index contributed by atoms with van der Waals surface area (Å²) >= 11 is 0. The molecule has 31 heavy (non-hydrogen) atoms. The molecule has 1 amide bonds. The third-order valence-corrected chi connectivity index (χ3v) is 6.05. The molecule has 1 aromatic carbocycles. The standard InChI is InChI=1S/C21H30F3N3O4/c22-21(23,24)14-7-9-27(10-8-14)17-5-6-18(19(13-17)31-12-11-28)25-15-1-3-16(4-2-15)26-20(29)30/h5-6,13-16,25-26,28H,1-4,7-12H2,(H,29,30). The van der Waals surface area contributed by atoms with Gasteiger partial charge in [-0.25, -0.2) is 4.79 Å². The maximum absolute atomic E-state index is 12.9. The van der Waals surface area contributed by atoms with E-state index >= 15 is 0 Å². The van der Waals surface area contributed by atoms with Gasteiger partial charge in [0.25, 0.3) is 0 Å². The number of carboxylic acid groups (broad SMARTS) is 1. The number of rotatable bonds is 7. The van der Waals surface area contributed by atoms with Crippen molar-refractivity contribution in [3.05, 3.63) is 18.2 Å². The monoisotopic (exact) mass is 445 g/mol. The molecular formula is C21H30F3N3O4. The van der Waals surface area contributed by atoms with E-state index in [2.05, 4.69) is 10.6 Å². The Morgan fingerprint density at radius 1 is 1.10 bits per heavy atom. The number of nitrogens with zero attached hydrogens (tertiary/aromatic N) is 1. The molecule has 1 aliphatic heterocycles. The van der Waals surface area contributed by atoms with Crippen LogP contribution in [0.15, 0.2) is 18.2 Å². The van der Waals surface area contributed by atoms with Crippen molar-refractivity contribution in [1.29, 1.82) is 0 Å². The van der Waals surface area contributed by atoms with Crippen LogP contribution >= 0.6 is 0 Å². The first kappa shape index (κ1) is 23.3. The fourth-order valence-corrected chi connectivity index (χ4v) is 4.34. The van der Waals surface area contributed by atoms with Gasteiger partial charge in [0.15, 0.2) is 0 Å². The molecule has 1 heterocycles. The van der Waals surface area contributed by atoms with Crippen molar-refractivity contribution in [3.63, 3.8) is 0 Å². The number of hydrogen-bond acceptors (Lipinski definition) is 5. The van der Waals surface area contributed by atoms with Crippen molar-refractivity contribution >= 4 is 17.5 Å². The van der Waals surface area contributed by atoms with Crippen LogP contribution in [-0.4, -0.2) is 60.9 Å². The second-order valence-corrected chi connectivity index (χ2v) is 8.20. The van der Waals surface area contributed by atoms with Crippen molar-refractivity contribution in [3.8, 4) is 5.75 Å². The number of anilines is 2. The van der Waals surface area contributed by atoms with Gasteiger partial charge in [-0.1, -0.05) is 0 Å². The summed E-state index contributed by atoms with van der Waals surface area (Å²) < 4.78 is 44.5. The fourth-order valence-electron chi connectivity index (χ4n) is 4.34. The molecule has 0 atom stereocenters. The van der Waals surface area contributed by atoms with Gasteiger partial charge in [-0.3, -0.25) is 0 Å². The quantitative estimate of drug-likeness (QED) is 0.510. The molecule has 0 bridgehead atoms. The minimum absolute atomic E-state index is 0.0392. The average Bonchev–Trinajstić information content (AvgIpc) is 2.73. The molecule has 1 aromatic rings. The number of alkyl halides is 3. The number of ether oxygens (including phenoxy) is 1. The van der Waals surface area contributed by atoms with E-state index in [0.29, 0.717) is 18.8 Å². The lowest BCUT2D eigenvalue weighted by atomic mass is 9.91. The van der Waals surface area contributed by atoms with Crippen LogP contribution < -0.4 is 20.3 Å². The molecule has 0 unspecified atom stereocenters. The second-order valence-electron chi connectivity index (χ2n) is 8.20. The maximum atomic E-state index is 12.9. The summed E-state index contributed by atoms with van der Waals surface area (Å²) in [7, 11) is 0. The normalized spacial score (nSPS) is 22.8. The Kier molecular flexibility index (Phi) is 7.74. The lowest BCUT2D eigenvalue weighted by molar-refractivity contribution is -0.179. The van der Waals surface area contributed by atoms with E-state index in [4.69, 9.17) is 14.9 Å². The van der Waals surface area contributed by atoms with Crippen LogP contribution in [0.2, 0.25) is 0 Å². The Morgan fingerprint density at radius 3 is 2.32 bits per heavy atom. The molecule has 2 aliphatic rings. The third-order valence-electron chi connectivity index (χ3n) is 6.05. The number of amides is 1. The van der Waals surface area contributed by atoms with Crippen LogP contribution in [0.1, 0.15) is 38.5 Å². The van der Waals surface area contributed by atoms with E-state index < -0.39 is 18.2 Å². The number of aliphatic hydroxyl groups is 1. The minimum atomic E-state index is -4.14. The topological polar surface area (TPSA) is 94.1 Å². The molecule has 7 nitrogen and oxygen atoms in total. The third kappa shape index (κ3) is 6.56. The van der Waals surface area contributed by atoms with Crippen molar-refractivity contribution in [2.75, 3.05) is 36.5 Å². The van der Waals surface area contributed by atoms with Gasteiger partial charge in [-0.2, -0.15) is 13.2 Å². The molecule has 2 fully saturated rings. The summed E-state index contributed by atoms with van der Waals surface area (Å²) in [5, 5.41) is 24.0. The van der Waals surface area contributed by atoms with Crippen molar-refractivity contribution in [2.24, 2.45) is 5.92 Å². The Bertz CT molecular complexity index is 731. The van der Waals surface area contributed by atoms with E-state index in [-0.39, 0.29) is 38.1 Å². The number of nitrogens with one attached hydrogen (secondary N) is 2. The minimum Gasteiger partial charge on any atom is -0.489 e. The maximum Gasteiger partial charge on any atom is 0.404 e. The summed E-state index contributed by atoms with van der Waals surface area (Å²) in [6.45, 7) is 0.629. The van der Waals surface area contributed by atoms with Gasteiger partial charge in [0.05, 0.1) is 18.2 Å². The van der Waals surface area contributed by atoms with Gasteiger partial charge < -0.3 is 30.5 Å². The summed E-state index contributed by atoms with van der Waals surface area (Å²) in [6, 6.07) is 5.67. The molecule has 174 valence electrons. The van der Waals surface area contributed by atoms with Gasteiger partial charge in [0.2, 0.25) is 0 Å². The van der Waals surface area contributed by atoms with Gasteiger partial charge in [-0.05, 0) is 50.7 Å². The van der Waals surface area contributed by atoms with E-state index in [1.54, 1.807) is 0 Å². The molecule has 4 N–H and O–H groups in total. The van der Waals surface area contributed by atoms with Gasteiger partial charge >= 0.3 is 12.3 Å². The van der Waals surface area contributed by atoms with Crippen LogP contribution in [0.5, 0.6) is 5.75 Å². The summed E-state index contributed by atoms with van der Waals surface area (Å²) in [4.78, 5) is 12.7. The summed E-state index contributed by atoms with van der Waals surface area (Å²) in [5.41, 5.74) is 1.56. The Balaban J connectivity index is 1.63. The zero-order chi connectivity index (χ0) is 22.4. The summed E-state index contributed by atoms with van der Waals surface area (Å²) in [5.74, 6) is -0.698. The molecular weight excluding hydrogens is 415 g/mol. The van der Waals surface area contributed by atoms with E-state index in [0.717, 1.165) is 37.1 Å². The molecule has 1 aliphatic carbocycles. The fraction of sp³-hybridized carbons (Fsp3) is 0.667. The predicted molar refractivity (Wildman–Crippen MR) is 111 cm³/mol. The lowest BCUT2D eigenvalue weighted by Gasteiger charge is -2.35. The predicted octanol–water partition coefficient (Wildman–Crippen LogP) is 3.83. The van der Waals surface area contributed by atoms with Crippen LogP contribution in [0.3, 0.4) is 0 Å². The highest BCUT2D eigenvalue weighted by molar-refractivity contribution is 5.66. The number of halogens is 3. The molecule has 3 rings (SSSR count). The van der Waals surface area contributed by atoms with Crippen molar-refractivity contribution < 1.29 is 32.9 Å². The molecule has 1 saturated heterocycles. The lowest BCUT2D eigenvalue weighted by Crippen LogP contribution is -2.39. The largest absolute Gasteiger partial charge is 0.489 e.